The van der Waals surface area contributed by atoms with E-state index in [9.17, 15) is 23.4 Å². The predicted molar refractivity (Wildman–Crippen MR) is 151 cm³/mol. The molecule has 3 aromatic rings. The van der Waals surface area contributed by atoms with Gasteiger partial charge in [0, 0.05) is 49.7 Å². The fraction of sp³-hybridized carbons (Fsp3) is 0.321. The number of aromatic hydroxyl groups is 1. The Hall–Kier alpha value is -3.80. The summed E-state index contributed by atoms with van der Waals surface area (Å²) < 4.78 is 33.6. The minimum Gasteiger partial charge on any atom is -0.508 e. The molecule has 1 fully saturated rings. The van der Waals surface area contributed by atoms with Crippen LogP contribution in [0.25, 0.3) is 0 Å². The average molecular weight is 555 g/mol. The van der Waals surface area contributed by atoms with E-state index in [1.54, 1.807) is 36.4 Å². The number of phenolic OH excluding ortho intramolecular Hbond substituents is 1. The Kier molecular flexibility index (Phi) is 9.28. The van der Waals surface area contributed by atoms with E-state index in [0.717, 1.165) is 31.6 Å². The van der Waals surface area contributed by atoms with Crippen molar-refractivity contribution in [2.45, 2.75) is 36.8 Å². The van der Waals surface area contributed by atoms with Crippen LogP contribution < -0.4 is 25.0 Å². The summed E-state index contributed by atoms with van der Waals surface area (Å²) >= 11 is 0. The Morgan fingerprint density at radius 1 is 0.974 bits per heavy atom. The smallest absolute Gasteiger partial charge is 0.261 e. The quantitative estimate of drug-likeness (QED) is 0.244. The van der Waals surface area contributed by atoms with E-state index in [1.807, 2.05) is 12.1 Å². The highest BCUT2D eigenvalue weighted by Crippen LogP contribution is 2.24. The van der Waals surface area contributed by atoms with Gasteiger partial charge < -0.3 is 30.5 Å². The van der Waals surface area contributed by atoms with Gasteiger partial charge in [-0.15, -0.1) is 0 Å². The molecular formula is C28H34N4O6S. The summed E-state index contributed by atoms with van der Waals surface area (Å²) in [5.74, 6) is 0.535. The number of sulfonamides is 1. The normalized spacial score (nSPS) is 15.0. The minimum absolute atomic E-state index is 0.104. The maximum absolute atomic E-state index is 12.7. The summed E-state index contributed by atoms with van der Waals surface area (Å²) in [6.45, 7) is 3.65. The standard InChI is InChI=1S/C28H34N4O6S/c1-20(33)30-22-4-12-28(13-5-22)39(36,37)31-23-2-6-24(7-3-23)32-16-14-21(15-17-32)29-18-26(35)19-38-27-10-8-25(34)9-11-27/h2-13,21,26,29,31,34-35H,14-19H2,1H3,(H,30,33)/t26-/m0/s1. The molecule has 0 aromatic heterocycles. The van der Waals surface area contributed by atoms with Crippen LogP contribution >= 0.6 is 0 Å². The highest BCUT2D eigenvalue weighted by Gasteiger charge is 2.21. The Balaban J connectivity index is 1.21. The monoisotopic (exact) mass is 554 g/mol. The van der Waals surface area contributed by atoms with Crippen LogP contribution in [0.1, 0.15) is 19.8 Å². The number of carbonyl (C=O) groups is 1. The molecule has 4 rings (SSSR count). The van der Waals surface area contributed by atoms with Gasteiger partial charge in [-0.3, -0.25) is 9.52 Å². The second kappa shape index (κ2) is 12.8. The number of piperidine rings is 1. The molecule has 39 heavy (non-hydrogen) atoms. The molecule has 11 heteroatoms. The fourth-order valence-corrected chi connectivity index (χ4v) is 5.37. The van der Waals surface area contributed by atoms with Crippen molar-refractivity contribution in [1.82, 2.24) is 5.32 Å². The highest BCUT2D eigenvalue weighted by molar-refractivity contribution is 7.92. The fourth-order valence-electron chi connectivity index (χ4n) is 4.31. The van der Waals surface area contributed by atoms with Crippen LogP contribution in [0.5, 0.6) is 11.5 Å². The third-order valence-corrected chi connectivity index (χ3v) is 7.78. The molecule has 10 nitrogen and oxygen atoms in total. The largest absolute Gasteiger partial charge is 0.508 e. The zero-order valence-corrected chi connectivity index (χ0v) is 22.5. The molecule has 208 valence electrons. The molecule has 0 saturated carbocycles. The Bertz CT molecular complexity index is 1320. The molecule has 0 spiro atoms. The summed E-state index contributed by atoms with van der Waals surface area (Å²) in [6, 6.07) is 19.9. The van der Waals surface area contributed by atoms with Gasteiger partial charge >= 0.3 is 0 Å². The van der Waals surface area contributed by atoms with Crippen LogP contribution in [0, 0.1) is 0 Å². The number of anilines is 3. The molecule has 1 aliphatic rings. The van der Waals surface area contributed by atoms with Crippen molar-refractivity contribution in [2.24, 2.45) is 0 Å². The summed E-state index contributed by atoms with van der Waals surface area (Å²) in [6.07, 6.45) is 1.17. The van der Waals surface area contributed by atoms with E-state index in [4.69, 9.17) is 4.74 Å². The van der Waals surface area contributed by atoms with Gasteiger partial charge in [-0.05, 0) is 85.6 Å². The van der Waals surface area contributed by atoms with Crippen LogP contribution in [0.4, 0.5) is 17.1 Å². The predicted octanol–water partition coefficient (Wildman–Crippen LogP) is 3.15. The van der Waals surface area contributed by atoms with Crippen molar-refractivity contribution in [1.29, 1.82) is 0 Å². The van der Waals surface area contributed by atoms with Gasteiger partial charge in [-0.1, -0.05) is 0 Å². The van der Waals surface area contributed by atoms with E-state index in [1.165, 1.54) is 31.2 Å². The topological polar surface area (TPSA) is 140 Å². The van der Waals surface area contributed by atoms with Gasteiger partial charge in [0.1, 0.15) is 24.2 Å². The molecule has 0 aliphatic carbocycles. The molecule has 1 atom stereocenters. The Labute approximate surface area is 228 Å². The second-order valence-electron chi connectivity index (χ2n) is 9.49. The lowest BCUT2D eigenvalue weighted by molar-refractivity contribution is -0.114. The number of aliphatic hydroxyl groups is 1. The maximum Gasteiger partial charge on any atom is 0.261 e. The van der Waals surface area contributed by atoms with Crippen molar-refractivity contribution < 1.29 is 28.2 Å². The minimum atomic E-state index is -3.76. The van der Waals surface area contributed by atoms with Gasteiger partial charge in [0.05, 0.1) is 4.90 Å². The summed E-state index contributed by atoms with van der Waals surface area (Å²) in [7, 11) is -3.76. The molecule has 3 aromatic carbocycles. The number of nitrogens with one attached hydrogen (secondary N) is 3. The van der Waals surface area contributed by atoms with Gasteiger partial charge in [-0.2, -0.15) is 0 Å². The maximum atomic E-state index is 12.7. The van der Waals surface area contributed by atoms with Crippen molar-refractivity contribution in [2.75, 3.05) is 41.2 Å². The zero-order chi connectivity index (χ0) is 27.8. The van der Waals surface area contributed by atoms with Gasteiger partial charge in [0.2, 0.25) is 5.91 Å². The average Bonchev–Trinajstić information content (AvgIpc) is 2.92. The first kappa shape index (κ1) is 28.2. The van der Waals surface area contributed by atoms with Crippen LogP contribution in [0.15, 0.2) is 77.7 Å². The number of amides is 1. The third kappa shape index (κ3) is 8.34. The number of aliphatic hydroxyl groups excluding tert-OH is 1. The number of carbonyl (C=O) groups excluding carboxylic acids is 1. The number of rotatable bonds is 11. The molecule has 1 heterocycles. The molecule has 1 saturated heterocycles. The Morgan fingerprint density at radius 2 is 1.59 bits per heavy atom. The van der Waals surface area contributed by atoms with E-state index >= 15 is 0 Å². The molecule has 5 N–H and O–H groups in total. The molecule has 0 unspecified atom stereocenters. The van der Waals surface area contributed by atoms with Crippen LogP contribution in [0.3, 0.4) is 0 Å². The number of nitrogens with zero attached hydrogens (tertiary/aromatic N) is 1. The van der Waals surface area contributed by atoms with E-state index < -0.39 is 16.1 Å². The molecule has 1 amide bonds. The molecule has 0 radical (unpaired) electrons. The van der Waals surface area contributed by atoms with Crippen molar-refractivity contribution in [3.63, 3.8) is 0 Å². The summed E-state index contributed by atoms with van der Waals surface area (Å²) in [5.41, 5.74) is 2.00. The third-order valence-electron chi connectivity index (χ3n) is 6.39. The lowest BCUT2D eigenvalue weighted by Gasteiger charge is -2.34. The number of benzene rings is 3. The van der Waals surface area contributed by atoms with Crippen molar-refractivity contribution in [3.8, 4) is 11.5 Å². The van der Waals surface area contributed by atoms with Crippen LogP contribution in [-0.4, -0.2) is 62.9 Å². The summed E-state index contributed by atoms with van der Waals surface area (Å²) in [5, 5.41) is 25.6. The first-order valence-electron chi connectivity index (χ1n) is 12.8. The first-order chi connectivity index (χ1) is 18.7. The van der Waals surface area contributed by atoms with E-state index in [0.29, 0.717) is 23.7 Å². The SMILES string of the molecule is CC(=O)Nc1ccc(S(=O)(=O)Nc2ccc(N3CCC(NC[C@H](O)COc4ccc(O)cc4)CC3)cc2)cc1. The van der Waals surface area contributed by atoms with Crippen molar-refractivity contribution in [3.05, 3.63) is 72.8 Å². The number of hydrogen-bond acceptors (Lipinski definition) is 8. The van der Waals surface area contributed by atoms with Gasteiger partial charge in [0.15, 0.2) is 0 Å². The lowest BCUT2D eigenvalue weighted by atomic mass is 10.0. The zero-order valence-electron chi connectivity index (χ0n) is 21.7. The highest BCUT2D eigenvalue weighted by atomic mass is 32.2. The Morgan fingerprint density at radius 3 is 2.21 bits per heavy atom. The number of ether oxygens (including phenoxy) is 1. The lowest BCUT2D eigenvalue weighted by Crippen LogP contribution is -2.45. The van der Waals surface area contributed by atoms with Crippen LogP contribution in [-0.2, 0) is 14.8 Å². The van der Waals surface area contributed by atoms with Gasteiger partial charge in [0.25, 0.3) is 10.0 Å². The molecule has 0 bridgehead atoms. The molecular weight excluding hydrogens is 520 g/mol. The van der Waals surface area contributed by atoms with Crippen LogP contribution in [0.2, 0.25) is 0 Å². The first-order valence-corrected chi connectivity index (χ1v) is 14.2. The number of hydrogen-bond donors (Lipinski definition) is 5. The van der Waals surface area contributed by atoms with E-state index in [-0.39, 0.29) is 29.2 Å². The second-order valence-corrected chi connectivity index (χ2v) is 11.2. The summed E-state index contributed by atoms with van der Waals surface area (Å²) in [4.78, 5) is 13.5. The van der Waals surface area contributed by atoms with Crippen molar-refractivity contribution >= 4 is 33.0 Å². The number of phenols is 1. The van der Waals surface area contributed by atoms with E-state index in [2.05, 4.69) is 20.3 Å². The molecule has 1 aliphatic heterocycles. The van der Waals surface area contributed by atoms with Gasteiger partial charge in [-0.25, -0.2) is 8.42 Å².